The van der Waals surface area contributed by atoms with Crippen molar-refractivity contribution in [3.05, 3.63) is 95.3 Å². The highest BCUT2D eigenvalue weighted by molar-refractivity contribution is 6.12. The van der Waals surface area contributed by atoms with Gasteiger partial charge in [0.25, 0.3) is 11.8 Å². The Bertz CT molecular complexity index is 952. The predicted octanol–water partition coefficient (Wildman–Crippen LogP) is 4.64. The fourth-order valence-corrected chi connectivity index (χ4v) is 2.51. The van der Waals surface area contributed by atoms with Crippen LogP contribution in [0.3, 0.4) is 0 Å². The number of para-hydroxylation sites is 1. The van der Waals surface area contributed by atoms with Crippen LogP contribution in [0, 0.1) is 12.7 Å². The lowest BCUT2D eigenvalue weighted by Crippen LogP contribution is -2.18. The predicted molar refractivity (Wildman–Crippen MR) is 99.9 cm³/mol. The van der Waals surface area contributed by atoms with Gasteiger partial charge in [-0.15, -0.1) is 0 Å². The van der Waals surface area contributed by atoms with E-state index in [4.69, 9.17) is 0 Å². The fourth-order valence-electron chi connectivity index (χ4n) is 2.51. The Kier molecular flexibility index (Phi) is 5.08. The molecule has 2 amide bonds. The molecule has 0 saturated heterocycles. The summed E-state index contributed by atoms with van der Waals surface area (Å²) < 4.78 is 13.0. The smallest absolute Gasteiger partial charge is 0.257 e. The number of hydrogen-bond donors (Lipinski definition) is 2. The standard InChI is InChI=1S/C21H17FN2O2/c1-14-5-4-6-17(13-14)23-21(26)18-7-2-3-8-19(18)24-20(25)15-9-11-16(22)12-10-15/h2-13H,1H3,(H,23,26)(H,24,25). The van der Waals surface area contributed by atoms with Crippen molar-refractivity contribution in [2.45, 2.75) is 6.92 Å². The Labute approximate surface area is 150 Å². The van der Waals surface area contributed by atoms with Crippen molar-refractivity contribution in [1.29, 1.82) is 0 Å². The summed E-state index contributed by atoms with van der Waals surface area (Å²) in [6.45, 7) is 1.94. The van der Waals surface area contributed by atoms with E-state index in [2.05, 4.69) is 10.6 Å². The number of benzene rings is 3. The van der Waals surface area contributed by atoms with Crippen LogP contribution in [0.1, 0.15) is 26.3 Å². The molecule has 0 aromatic heterocycles. The van der Waals surface area contributed by atoms with Gasteiger partial charge in [-0.1, -0.05) is 24.3 Å². The monoisotopic (exact) mass is 348 g/mol. The number of carbonyl (C=O) groups is 2. The first-order valence-corrected chi connectivity index (χ1v) is 8.07. The lowest BCUT2D eigenvalue weighted by Gasteiger charge is -2.12. The molecule has 0 atom stereocenters. The van der Waals surface area contributed by atoms with E-state index in [9.17, 15) is 14.0 Å². The summed E-state index contributed by atoms with van der Waals surface area (Å²) >= 11 is 0. The molecule has 0 saturated carbocycles. The molecule has 0 spiro atoms. The van der Waals surface area contributed by atoms with Crippen molar-refractivity contribution in [2.24, 2.45) is 0 Å². The minimum atomic E-state index is -0.417. The van der Waals surface area contributed by atoms with Crippen molar-refractivity contribution in [3.8, 4) is 0 Å². The van der Waals surface area contributed by atoms with Crippen LogP contribution in [0.4, 0.5) is 15.8 Å². The molecule has 5 heteroatoms. The van der Waals surface area contributed by atoms with Gasteiger partial charge in [0.2, 0.25) is 0 Å². The third-order valence-corrected chi connectivity index (χ3v) is 3.80. The average Bonchev–Trinajstić information content (AvgIpc) is 2.62. The van der Waals surface area contributed by atoms with Crippen molar-refractivity contribution < 1.29 is 14.0 Å². The van der Waals surface area contributed by atoms with Crippen molar-refractivity contribution in [2.75, 3.05) is 10.6 Å². The SMILES string of the molecule is Cc1cccc(NC(=O)c2ccccc2NC(=O)c2ccc(F)cc2)c1. The maximum atomic E-state index is 13.0. The molecule has 130 valence electrons. The summed E-state index contributed by atoms with van der Waals surface area (Å²) in [5.74, 6) is -1.16. The average molecular weight is 348 g/mol. The molecular formula is C21H17FN2O2. The van der Waals surface area contributed by atoms with E-state index in [-0.39, 0.29) is 5.91 Å². The summed E-state index contributed by atoms with van der Waals surface area (Å²) in [4.78, 5) is 24.9. The van der Waals surface area contributed by atoms with Gasteiger partial charge in [0, 0.05) is 11.3 Å². The van der Waals surface area contributed by atoms with E-state index < -0.39 is 11.7 Å². The molecule has 2 N–H and O–H groups in total. The second kappa shape index (κ2) is 7.61. The lowest BCUT2D eigenvalue weighted by molar-refractivity contribution is 0.102. The first-order valence-electron chi connectivity index (χ1n) is 8.07. The molecule has 0 heterocycles. The molecule has 0 unspecified atom stereocenters. The highest BCUT2D eigenvalue weighted by Gasteiger charge is 2.14. The van der Waals surface area contributed by atoms with E-state index in [1.54, 1.807) is 30.3 Å². The van der Waals surface area contributed by atoms with Gasteiger partial charge >= 0.3 is 0 Å². The van der Waals surface area contributed by atoms with Crippen LogP contribution in [-0.2, 0) is 0 Å². The van der Waals surface area contributed by atoms with Gasteiger partial charge in [0.15, 0.2) is 0 Å². The Morgan fingerprint density at radius 1 is 0.808 bits per heavy atom. The van der Waals surface area contributed by atoms with Crippen LogP contribution in [0.25, 0.3) is 0 Å². The molecule has 3 rings (SSSR count). The van der Waals surface area contributed by atoms with Gasteiger partial charge in [-0.3, -0.25) is 9.59 Å². The molecule has 26 heavy (non-hydrogen) atoms. The van der Waals surface area contributed by atoms with Crippen LogP contribution in [0.2, 0.25) is 0 Å². The van der Waals surface area contributed by atoms with Crippen LogP contribution in [-0.4, -0.2) is 11.8 Å². The number of amides is 2. The van der Waals surface area contributed by atoms with Gasteiger partial charge in [-0.25, -0.2) is 4.39 Å². The summed E-state index contributed by atoms with van der Waals surface area (Å²) in [5, 5.41) is 5.52. The van der Waals surface area contributed by atoms with Crippen LogP contribution in [0.15, 0.2) is 72.8 Å². The van der Waals surface area contributed by atoms with Crippen LogP contribution < -0.4 is 10.6 Å². The Morgan fingerprint density at radius 3 is 2.27 bits per heavy atom. The molecular weight excluding hydrogens is 331 g/mol. The van der Waals surface area contributed by atoms with Gasteiger partial charge in [0.05, 0.1) is 11.3 Å². The zero-order valence-corrected chi connectivity index (χ0v) is 14.1. The summed E-state index contributed by atoms with van der Waals surface area (Å²) in [6, 6.07) is 19.4. The second-order valence-corrected chi connectivity index (χ2v) is 5.83. The van der Waals surface area contributed by atoms with Gasteiger partial charge in [-0.2, -0.15) is 0 Å². The maximum Gasteiger partial charge on any atom is 0.257 e. The molecule has 4 nitrogen and oxygen atoms in total. The minimum Gasteiger partial charge on any atom is -0.322 e. The quantitative estimate of drug-likeness (QED) is 0.722. The third-order valence-electron chi connectivity index (χ3n) is 3.80. The molecule has 3 aromatic carbocycles. The zero-order valence-electron chi connectivity index (χ0n) is 14.1. The van der Waals surface area contributed by atoms with E-state index >= 15 is 0 Å². The van der Waals surface area contributed by atoms with E-state index in [0.29, 0.717) is 22.5 Å². The minimum absolute atomic E-state index is 0.306. The van der Waals surface area contributed by atoms with E-state index in [0.717, 1.165) is 5.56 Å². The Morgan fingerprint density at radius 2 is 1.54 bits per heavy atom. The van der Waals surface area contributed by atoms with Gasteiger partial charge in [-0.05, 0) is 61.0 Å². The first kappa shape index (κ1) is 17.4. The fraction of sp³-hybridized carbons (Fsp3) is 0.0476. The number of nitrogens with one attached hydrogen (secondary N) is 2. The first-order chi connectivity index (χ1) is 12.5. The zero-order chi connectivity index (χ0) is 18.5. The van der Waals surface area contributed by atoms with Crippen molar-refractivity contribution in [3.63, 3.8) is 0 Å². The summed E-state index contributed by atoms with van der Waals surface area (Å²) in [5.41, 5.74) is 2.73. The number of anilines is 2. The highest BCUT2D eigenvalue weighted by atomic mass is 19.1. The number of hydrogen-bond acceptors (Lipinski definition) is 2. The van der Waals surface area contributed by atoms with Gasteiger partial charge < -0.3 is 10.6 Å². The molecule has 0 fully saturated rings. The lowest BCUT2D eigenvalue weighted by atomic mass is 10.1. The Hall–Kier alpha value is -3.47. The summed E-state index contributed by atoms with van der Waals surface area (Å²) in [6.07, 6.45) is 0. The molecule has 3 aromatic rings. The third kappa shape index (κ3) is 4.13. The largest absolute Gasteiger partial charge is 0.322 e. The molecule has 0 aliphatic rings. The normalized spacial score (nSPS) is 10.2. The summed E-state index contributed by atoms with van der Waals surface area (Å²) in [7, 11) is 0. The molecule has 0 aliphatic heterocycles. The number of carbonyl (C=O) groups excluding carboxylic acids is 2. The number of aryl methyl sites for hydroxylation is 1. The van der Waals surface area contributed by atoms with Crippen LogP contribution >= 0.6 is 0 Å². The van der Waals surface area contributed by atoms with E-state index in [1.807, 2.05) is 25.1 Å². The number of halogens is 1. The Balaban J connectivity index is 1.80. The second-order valence-electron chi connectivity index (χ2n) is 5.83. The molecule has 0 radical (unpaired) electrons. The number of rotatable bonds is 4. The molecule has 0 aliphatic carbocycles. The van der Waals surface area contributed by atoms with E-state index in [1.165, 1.54) is 24.3 Å². The highest BCUT2D eigenvalue weighted by Crippen LogP contribution is 2.19. The maximum absolute atomic E-state index is 13.0. The molecule has 0 bridgehead atoms. The topological polar surface area (TPSA) is 58.2 Å². The van der Waals surface area contributed by atoms with Crippen LogP contribution in [0.5, 0.6) is 0 Å². The van der Waals surface area contributed by atoms with Crippen molar-refractivity contribution in [1.82, 2.24) is 0 Å². The van der Waals surface area contributed by atoms with Crippen molar-refractivity contribution >= 4 is 23.2 Å². The van der Waals surface area contributed by atoms with Gasteiger partial charge in [0.1, 0.15) is 5.82 Å².